The van der Waals surface area contributed by atoms with Gasteiger partial charge in [0.05, 0.1) is 5.56 Å². The third kappa shape index (κ3) is 3.50. The quantitative estimate of drug-likeness (QED) is 0.908. The minimum Gasteiger partial charge on any atom is -0.336 e. The third-order valence-corrected chi connectivity index (χ3v) is 4.93. The van der Waals surface area contributed by atoms with Crippen LogP contribution in [0.5, 0.6) is 0 Å². The molecule has 0 aliphatic carbocycles. The van der Waals surface area contributed by atoms with Crippen LogP contribution in [0, 0.1) is 5.82 Å². The first-order valence-electron chi connectivity index (χ1n) is 8.96. The maximum Gasteiger partial charge on any atom is 0.295 e. The molecule has 0 spiro atoms. The number of nitrogens with one attached hydrogen (secondary N) is 1. The first kappa shape index (κ1) is 17.5. The van der Waals surface area contributed by atoms with Crippen LogP contribution < -0.4 is 5.32 Å². The molecule has 2 amide bonds. The monoisotopic (exact) mass is 366 g/mol. The van der Waals surface area contributed by atoms with E-state index >= 15 is 0 Å². The number of fused-ring (bicyclic) bond motifs is 1. The Morgan fingerprint density at radius 2 is 1.96 bits per heavy atom. The smallest absolute Gasteiger partial charge is 0.295 e. The fraction of sp³-hybridized carbons (Fsp3) is 0.300. The van der Waals surface area contributed by atoms with Crippen LogP contribution in [-0.2, 0) is 6.42 Å². The molecule has 1 atom stereocenters. The van der Waals surface area contributed by atoms with Gasteiger partial charge in [-0.1, -0.05) is 24.3 Å². The van der Waals surface area contributed by atoms with Crippen molar-refractivity contribution in [2.45, 2.75) is 12.5 Å². The van der Waals surface area contributed by atoms with Crippen LogP contribution in [-0.4, -0.2) is 42.9 Å². The minimum absolute atomic E-state index is 0.0755. The lowest BCUT2D eigenvalue weighted by Gasteiger charge is -2.27. The Labute approximate surface area is 156 Å². The van der Waals surface area contributed by atoms with Crippen LogP contribution in [0.2, 0.25) is 0 Å². The van der Waals surface area contributed by atoms with Crippen LogP contribution in [0.15, 0.2) is 52.7 Å². The zero-order chi connectivity index (χ0) is 18.8. The summed E-state index contributed by atoms with van der Waals surface area (Å²) >= 11 is 0. The molecule has 6 nitrogen and oxygen atoms in total. The van der Waals surface area contributed by atoms with E-state index in [1.165, 1.54) is 6.07 Å². The second-order valence-corrected chi connectivity index (χ2v) is 6.68. The van der Waals surface area contributed by atoms with Crippen molar-refractivity contribution in [1.29, 1.82) is 0 Å². The highest BCUT2D eigenvalue weighted by atomic mass is 19.1. The molecule has 4 rings (SSSR count). The Morgan fingerprint density at radius 1 is 1.19 bits per heavy atom. The number of azo groups is 1. The number of rotatable bonds is 3. The molecule has 7 heteroatoms. The molecule has 0 saturated carbocycles. The van der Waals surface area contributed by atoms with E-state index in [9.17, 15) is 14.0 Å². The average Bonchev–Trinajstić information content (AvgIpc) is 2.72. The van der Waals surface area contributed by atoms with Gasteiger partial charge in [-0.2, -0.15) is 5.11 Å². The molecule has 2 aliphatic rings. The van der Waals surface area contributed by atoms with E-state index in [4.69, 9.17) is 0 Å². The van der Waals surface area contributed by atoms with E-state index < -0.39 is 5.82 Å². The molecule has 2 aromatic carbocycles. The van der Waals surface area contributed by atoms with Gasteiger partial charge >= 0.3 is 0 Å². The normalized spacial score (nSPS) is 19.1. The highest BCUT2D eigenvalue weighted by Crippen LogP contribution is 2.30. The Bertz CT molecular complexity index is 922. The number of hydrogen-bond acceptors (Lipinski definition) is 4. The molecule has 1 fully saturated rings. The van der Waals surface area contributed by atoms with Crippen LogP contribution in [0.1, 0.15) is 37.9 Å². The second kappa shape index (κ2) is 7.36. The largest absolute Gasteiger partial charge is 0.336 e. The van der Waals surface area contributed by atoms with Crippen molar-refractivity contribution in [2.24, 2.45) is 10.2 Å². The van der Waals surface area contributed by atoms with Crippen molar-refractivity contribution >= 4 is 11.8 Å². The van der Waals surface area contributed by atoms with Gasteiger partial charge in [0.15, 0.2) is 0 Å². The highest BCUT2D eigenvalue weighted by molar-refractivity contribution is 5.97. The summed E-state index contributed by atoms with van der Waals surface area (Å²) in [6.07, 6.45) is 0.440. The van der Waals surface area contributed by atoms with Crippen molar-refractivity contribution in [3.05, 3.63) is 70.5 Å². The first-order valence-corrected chi connectivity index (χ1v) is 8.96. The highest BCUT2D eigenvalue weighted by Gasteiger charge is 2.25. The van der Waals surface area contributed by atoms with Crippen molar-refractivity contribution < 1.29 is 14.0 Å². The number of amides is 2. The molecule has 27 heavy (non-hydrogen) atoms. The predicted octanol–water partition coefficient (Wildman–Crippen LogP) is 2.76. The van der Waals surface area contributed by atoms with Crippen LogP contribution >= 0.6 is 0 Å². The summed E-state index contributed by atoms with van der Waals surface area (Å²) in [4.78, 5) is 26.2. The number of carbonyl (C=O) groups excluding carboxylic acids is 2. The molecule has 1 N–H and O–H groups in total. The van der Waals surface area contributed by atoms with Crippen molar-refractivity contribution in [3.8, 4) is 0 Å². The summed E-state index contributed by atoms with van der Waals surface area (Å²) in [5.41, 5.74) is 2.20. The van der Waals surface area contributed by atoms with E-state index in [1.54, 1.807) is 29.2 Å². The summed E-state index contributed by atoms with van der Waals surface area (Å²) < 4.78 is 14.3. The number of hydrogen-bond donors (Lipinski definition) is 1. The molecule has 1 unspecified atom stereocenters. The molecular formula is C20H19FN4O2. The van der Waals surface area contributed by atoms with E-state index in [1.807, 2.05) is 12.1 Å². The second-order valence-electron chi connectivity index (χ2n) is 6.68. The molecule has 2 aromatic rings. The number of halogens is 1. The molecule has 0 aromatic heterocycles. The number of benzene rings is 2. The first-order chi connectivity index (χ1) is 13.1. The topological polar surface area (TPSA) is 74.1 Å². The zero-order valence-electron chi connectivity index (χ0n) is 14.7. The van der Waals surface area contributed by atoms with Gasteiger partial charge in [0.1, 0.15) is 11.9 Å². The van der Waals surface area contributed by atoms with Crippen molar-refractivity contribution in [1.82, 2.24) is 10.2 Å². The maximum absolute atomic E-state index is 14.3. The van der Waals surface area contributed by atoms with Gasteiger partial charge < -0.3 is 10.2 Å². The Balaban J connectivity index is 1.59. The SMILES string of the molecule is O=C1N=NC(Cc2ccc(F)c(C(=O)N3CCNCC3)c2)c2ccccc21. The fourth-order valence-corrected chi connectivity index (χ4v) is 3.50. The molecular weight excluding hydrogens is 347 g/mol. The van der Waals surface area contributed by atoms with Crippen LogP contribution in [0.3, 0.4) is 0 Å². The molecule has 0 bridgehead atoms. The Hall–Kier alpha value is -2.93. The van der Waals surface area contributed by atoms with E-state index in [-0.39, 0.29) is 23.4 Å². The lowest BCUT2D eigenvalue weighted by atomic mass is 9.93. The zero-order valence-corrected chi connectivity index (χ0v) is 14.7. The van der Waals surface area contributed by atoms with Gasteiger partial charge in [-0.3, -0.25) is 9.59 Å². The van der Waals surface area contributed by atoms with Crippen molar-refractivity contribution in [3.63, 3.8) is 0 Å². The van der Waals surface area contributed by atoms with Crippen LogP contribution in [0.25, 0.3) is 0 Å². The van der Waals surface area contributed by atoms with Crippen molar-refractivity contribution in [2.75, 3.05) is 26.2 Å². The molecule has 1 saturated heterocycles. The van der Waals surface area contributed by atoms with Gasteiger partial charge in [-0.25, -0.2) is 4.39 Å². The number of nitrogens with zero attached hydrogens (tertiary/aromatic N) is 3. The summed E-state index contributed by atoms with van der Waals surface area (Å²) in [6, 6.07) is 11.5. The molecule has 2 aliphatic heterocycles. The third-order valence-electron chi connectivity index (χ3n) is 4.93. The molecule has 0 radical (unpaired) electrons. The maximum atomic E-state index is 14.3. The van der Waals surface area contributed by atoms with E-state index in [2.05, 4.69) is 15.5 Å². The minimum atomic E-state index is -0.525. The van der Waals surface area contributed by atoms with Gasteiger partial charge in [-0.15, -0.1) is 5.11 Å². The van der Waals surface area contributed by atoms with E-state index in [0.29, 0.717) is 38.2 Å². The number of carbonyl (C=O) groups is 2. The summed E-state index contributed by atoms with van der Waals surface area (Å²) in [5, 5.41) is 11.0. The standard InChI is InChI=1S/C20H19FN4O2/c21-17-6-5-13(11-16(17)20(27)25-9-7-22-8-10-25)12-18-14-3-1-2-4-15(14)19(26)24-23-18/h1-6,11,18,22H,7-10,12H2. The Morgan fingerprint density at radius 3 is 2.78 bits per heavy atom. The predicted molar refractivity (Wildman–Crippen MR) is 97.2 cm³/mol. The lowest BCUT2D eigenvalue weighted by molar-refractivity contribution is 0.0730. The van der Waals surface area contributed by atoms with Gasteiger partial charge in [0.2, 0.25) is 0 Å². The summed E-state index contributed by atoms with van der Waals surface area (Å²) in [6.45, 7) is 2.55. The average molecular weight is 366 g/mol. The van der Waals surface area contributed by atoms with E-state index in [0.717, 1.165) is 11.1 Å². The fourth-order valence-electron chi connectivity index (χ4n) is 3.50. The summed E-state index contributed by atoms with van der Waals surface area (Å²) in [5.74, 6) is -1.17. The lowest BCUT2D eigenvalue weighted by Crippen LogP contribution is -2.46. The number of piperazine rings is 1. The van der Waals surface area contributed by atoms with Crippen LogP contribution in [0.4, 0.5) is 4.39 Å². The molecule has 138 valence electrons. The summed E-state index contributed by atoms with van der Waals surface area (Å²) in [7, 11) is 0. The van der Waals surface area contributed by atoms with Gasteiger partial charge in [-0.05, 0) is 29.3 Å². The van der Waals surface area contributed by atoms with Gasteiger partial charge in [0.25, 0.3) is 11.8 Å². The molecule has 2 heterocycles. The van der Waals surface area contributed by atoms with Gasteiger partial charge in [0, 0.05) is 38.2 Å². The Kier molecular flexibility index (Phi) is 4.77.